The first-order valence-electron chi connectivity index (χ1n) is 5.26. The molecule has 0 fully saturated rings. The first-order valence-corrected chi connectivity index (χ1v) is 5.26. The van der Waals surface area contributed by atoms with Gasteiger partial charge in [0.15, 0.2) is 6.10 Å². The summed E-state index contributed by atoms with van der Waals surface area (Å²) in [5.41, 5.74) is 0. The lowest BCUT2D eigenvalue weighted by molar-refractivity contribution is -0.128. The van der Waals surface area contributed by atoms with E-state index in [9.17, 15) is 4.79 Å². The van der Waals surface area contributed by atoms with Crippen LogP contribution in [0.3, 0.4) is 0 Å². The zero-order chi connectivity index (χ0) is 12.0. The average Bonchev–Trinajstić information content (AvgIpc) is 2.30. The molecular formula is C12H17NO3. The van der Waals surface area contributed by atoms with E-state index < -0.39 is 6.10 Å². The van der Waals surface area contributed by atoms with Crippen molar-refractivity contribution in [3.63, 3.8) is 0 Å². The molecule has 4 nitrogen and oxygen atoms in total. The first kappa shape index (κ1) is 12.5. The summed E-state index contributed by atoms with van der Waals surface area (Å²) in [5.74, 6) is 0.423. The maximum absolute atomic E-state index is 11.6. The van der Waals surface area contributed by atoms with Crippen LogP contribution in [0.15, 0.2) is 30.3 Å². The number of nitrogens with one attached hydrogen (secondary N) is 1. The molecule has 0 aliphatic carbocycles. The zero-order valence-corrected chi connectivity index (χ0v) is 9.51. The minimum atomic E-state index is -0.573. The van der Waals surface area contributed by atoms with Crippen molar-refractivity contribution < 1.29 is 14.6 Å². The van der Waals surface area contributed by atoms with Crippen LogP contribution in [0.25, 0.3) is 0 Å². The van der Waals surface area contributed by atoms with Gasteiger partial charge >= 0.3 is 0 Å². The van der Waals surface area contributed by atoms with Crippen LogP contribution in [0.1, 0.15) is 13.8 Å². The molecule has 16 heavy (non-hydrogen) atoms. The highest BCUT2D eigenvalue weighted by Gasteiger charge is 2.16. The van der Waals surface area contributed by atoms with Gasteiger partial charge < -0.3 is 15.2 Å². The quantitative estimate of drug-likeness (QED) is 0.781. The second kappa shape index (κ2) is 6.12. The van der Waals surface area contributed by atoms with Gasteiger partial charge in [0.1, 0.15) is 5.75 Å². The molecule has 0 aromatic heterocycles. The predicted molar refractivity (Wildman–Crippen MR) is 61.2 cm³/mol. The maximum atomic E-state index is 11.6. The van der Waals surface area contributed by atoms with Gasteiger partial charge in [-0.1, -0.05) is 18.2 Å². The highest BCUT2D eigenvalue weighted by atomic mass is 16.5. The fourth-order valence-electron chi connectivity index (χ4n) is 1.16. The summed E-state index contributed by atoms with van der Waals surface area (Å²) in [6.07, 6.45) is -0.573. The smallest absolute Gasteiger partial charge is 0.261 e. The summed E-state index contributed by atoms with van der Waals surface area (Å²) in [5, 5.41) is 11.4. The lowest BCUT2D eigenvalue weighted by Gasteiger charge is -2.17. The van der Waals surface area contributed by atoms with E-state index in [0.29, 0.717) is 5.75 Å². The highest BCUT2D eigenvalue weighted by molar-refractivity contribution is 5.80. The molecule has 0 aliphatic rings. The Balaban J connectivity index is 2.46. The Kier molecular flexibility index (Phi) is 4.79. The van der Waals surface area contributed by atoms with Crippen LogP contribution < -0.4 is 10.1 Å². The van der Waals surface area contributed by atoms with Crippen LogP contribution in [0.2, 0.25) is 0 Å². The van der Waals surface area contributed by atoms with Crippen molar-refractivity contribution in [3.05, 3.63) is 30.3 Å². The number of aliphatic hydroxyl groups is 1. The SMILES string of the molecule is CC(Oc1ccccc1)C(=O)N[C@@H](C)CO. The molecule has 2 atom stereocenters. The van der Waals surface area contributed by atoms with Crippen molar-refractivity contribution in [1.82, 2.24) is 5.32 Å². The third-order valence-corrected chi connectivity index (χ3v) is 2.09. The highest BCUT2D eigenvalue weighted by Crippen LogP contribution is 2.10. The molecule has 88 valence electrons. The number of hydrogen-bond acceptors (Lipinski definition) is 3. The molecule has 0 spiro atoms. The summed E-state index contributed by atoms with van der Waals surface area (Å²) in [7, 11) is 0. The normalized spacial score (nSPS) is 13.9. The molecule has 1 aromatic carbocycles. The molecule has 0 saturated heterocycles. The number of ether oxygens (including phenoxy) is 1. The molecule has 0 saturated carbocycles. The molecule has 4 heteroatoms. The lowest BCUT2D eigenvalue weighted by Crippen LogP contribution is -2.42. The molecule has 0 bridgehead atoms. The first-order chi connectivity index (χ1) is 7.63. The van der Waals surface area contributed by atoms with Crippen molar-refractivity contribution in [3.8, 4) is 5.75 Å². The standard InChI is InChI=1S/C12H17NO3/c1-9(8-14)13-12(15)10(2)16-11-6-4-3-5-7-11/h3-7,9-10,14H,8H2,1-2H3,(H,13,15)/t9-,10?/m0/s1. The van der Waals surface area contributed by atoms with Gasteiger partial charge in [-0.15, -0.1) is 0 Å². The van der Waals surface area contributed by atoms with Crippen molar-refractivity contribution in [2.75, 3.05) is 6.61 Å². The molecule has 2 N–H and O–H groups in total. The molecule has 1 rings (SSSR count). The van der Waals surface area contributed by atoms with Crippen LogP contribution in [-0.4, -0.2) is 29.8 Å². The number of benzene rings is 1. The van der Waals surface area contributed by atoms with E-state index >= 15 is 0 Å². The molecule has 1 amide bonds. The van der Waals surface area contributed by atoms with Gasteiger partial charge in [0.2, 0.25) is 0 Å². The van der Waals surface area contributed by atoms with Crippen molar-refractivity contribution in [1.29, 1.82) is 0 Å². The second-order valence-corrected chi connectivity index (χ2v) is 3.67. The van der Waals surface area contributed by atoms with Crippen molar-refractivity contribution in [2.24, 2.45) is 0 Å². The van der Waals surface area contributed by atoms with Gasteiger partial charge in [-0.05, 0) is 26.0 Å². The summed E-state index contributed by atoms with van der Waals surface area (Å²) in [6, 6.07) is 8.89. The summed E-state index contributed by atoms with van der Waals surface area (Å²) in [6.45, 7) is 3.32. The van der Waals surface area contributed by atoms with Crippen LogP contribution in [-0.2, 0) is 4.79 Å². The monoisotopic (exact) mass is 223 g/mol. The lowest BCUT2D eigenvalue weighted by atomic mass is 10.3. The Hall–Kier alpha value is -1.55. The Morgan fingerprint density at radius 2 is 2.00 bits per heavy atom. The minimum absolute atomic E-state index is 0.0796. The summed E-state index contributed by atoms with van der Waals surface area (Å²) < 4.78 is 5.43. The van der Waals surface area contributed by atoms with Gasteiger partial charge in [0.25, 0.3) is 5.91 Å². The Labute approximate surface area is 95.2 Å². The van der Waals surface area contributed by atoms with Gasteiger partial charge in [0.05, 0.1) is 6.61 Å². The number of rotatable bonds is 5. The van der Waals surface area contributed by atoms with Crippen LogP contribution in [0.5, 0.6) is 5.75 Å². The van der Waals surface area contributed by atoms with E-state index in [1.807, 2.05) is 18.2 Å². The van der Waals surface area contributed by atoms with Crippen LogP contribution in [0.4, 0.5) is 0 Å². The molecule has 0 aliphatic heterocycles. The minimum Gasteiger partial charge on any atom is -0.481 e. The van der Waals surface area contributed by atoms with Gasteiger partial charge in [0, 0.05) is 6.04 Å². The summed E-state index contributed by atoms with van der Waals surface area (Å²) in [4.78, 5) is 11.6. The van der Waals surface area contributed by atoms with E-state index in [4.69, 9.17) is 9.84 Å². The molecule has 1 unspecified atom stereocenters. The molecular weight excluding hydrogens is 206 g/mol. The Morgan fingerprint density at radius 3 is 2.56 bits per heavy atom. The van der Waals surface area contributed by atoms with E-state index in [0.717, 1.165) is 0 Å². The van der Waals surface area contributed by atoms with E-state index in [-0.39, 0.29) is 18.6 Å². The third-order valence-electron chi connectivity index (χ3n) is 2.09. The number of carbonyl (C=O) groups is 1. The number of aliphatic hydroxyl groups excluding tert-OH is 1. The number of amides is 1. The maximum Gasteiger partial charge on any atom is 0.261 e. The van der Waals surface area contributed by atoms with Crippen LogP contribution in [0, 0.1) is 0 Å². The Bertz CT molecular complexity index is 326. The second-order valence-electron chi connectivity index (χ2n) is 3.67. The van der Waals surface area contributed by atoms with E-state index in [2.05, 4.69) is 5.32 Å². The predicted octanol–water partition coefficient (Wildman–Crippen LogP) is 0.951. The Morgan fingerprint density at radius 1 is 1.38 bits per heavy atom. The number of para-hydroxylation sites is 1. The fraction of sp³-hybridized carbons (Fsp3) is 0.417. The van der Waals surface area contributed by atoms with Crippen molar-refractivity contribution >= 4 is 5.91 Å². The molecule has 0 heterocycles. The third kappa shape index (κ3) is 3.90. The van der Waals surface area contributed by atoms with E-state index in [1.54, 1.807) is 26.0 Å². The number of hydrogen-bond donors (Lipinski definition) is 2. The zero-order valence-electron chi connectivity index (χ0n) is 9.51. The van der Waals surface area contributed by atoms with Gasteiger partial charge in [-0.2, -0.15) is 0 Å². The molecule has 1 aromatic rings. The largest absolute Gasteiger partial charge is 0.481 e. The van der Waals surface area contributed by atoms with Gasteiger partial charge in [-0.3, -0.25) is 4.79 Å². The summed E-state index contributed by atoms with van der Waals surface area (Å²) >= 11 is 0. The molecule has 0 radical (unpaired) electrons. The topological polar surface area (TPSA) is 58.6 Å². The van der Waals surface area contributed by atoms with E-state index in [1.165, 1.54) is 0 Å². The van der Waals surface area contributed by atoms with Crippen LogP contribution >= 0.6 is 0 Å². The fourth-order valence-corrected chi connectivity index (χ4v) is 1.16. The van der Waals surface area contributed by atoms with Gasteiger partial charge in [-0.25, -0.2) is 0 Å². The number of carbonyl (C=O) groups excluding carboxylic acids is 1. The average molecular weight is 223 g/mol. The van der Waals surface area contributed by atoms with Crippen molar-refractivity contribution in [2.45, 2.75) is 26.0 Å².